The Morgan fingerprint density at radius 1 is 1.08 bits per heavy atom. The Hall–Kier alpha value is 0.390. The predicted molar refractivity (Wildman–Crippen MR) is 63.0 cm³/mol. The van der Waals surface area contributed by atoms with E-state index in [0.717, 1.165) is 17.7 Å². The van der Waals surface area contributed by atoms with Gasteiger partial charge in [-0.15, -0.1) is 7.92 Å². The zero-order valence-electron chi connectivity index (χ0n) is 9.58. The Kier molecular flexibility index (Phi) is 8.00. The van der Waals surface area contributed by atoms with Crippen molar-refractivity contribution in [2.75, 3.05) is 12.8 Å². The number of aliphatic hydroxyl groups excluding tert-OH is 1. The van der Waals surface area contributed by atoms with E-state index < -0.39 is 0 Å². The maximum Gasteiger partial charge on any atom is 0.0434 e. The first-order valence-electron chi connectivity index (χ1n) is 5.53. The van der Waals surface area contributed by atoms with Gasteiger partial charge in [0.2, 0.25) is 0 Å². The molecule has 0 heterocycles. The lowest BCUT2D eigenvalue weighted by atomic mass is 10.4. The maximum absolute atomic E-state index is 8.83. The standard InChI is InChI=1S/C11H25OP/c1-5-10(3)13(9-7-8-12)11(4)6-2/h10-12H,5-9H2,1-4H3. The van der Waals surface area contributed by atoms with Gasteiger partial charge in [0.1, 0.15) is 0 Å². The van der Waals surface area contributed by atoms with Crippen LogP contribution in [0.2, 0.25) is 0 Å². The zero-order chi connectivity index (χ0) is 10.3. The van der Waals surface area contributed by atoms with Crippen molar-refractivity contribution < 1.29 is 5.11 Å². The SMILES string of the molecule is CCC(C)P(CCCO)C(C)CC. The fourth-order valence-corrected chi connectivity index (χ4v) is 4.79. The molecule has 2 atom stereocenters. The predicted octanol–water partition coefficient (Wildman–Crippen LogP) is 3.45. The van der Waals surface area contributed by atoms with Gasteiger partial charge in [0, 0.05) is 6.61 Å². The van der Waals surface area contributed by atoms with Crippen LogP contribution in [0.15, 0.2) is 0 Å². The Morgan fingerprint density at radius 2 is 1.54 bits per heavy atom. The van der Waals surface area contributed by atoms with Gasteiger partial charge < -0.3 is 5.11 Å². The van der Waals surface area contributed by atoms with Crippen LogP contribution >= 0.6 is 7.92 Å². The summed E-state index contributed by atoms with van der Waals surface area (Å²) in [6.07, 6.45) is 4.85. The topological polar surface area (TPSA) is 20.2 Å². The van der Waals surface area contributed by atoms with E-state index in [1.165, 1.54) is 19.0 Å². The van der Waals surface area contributed by atoms with Crippen molar-refractivity contribution in [3.05, 3.63) is 0 Å². The van der Waals surface area contributed by atoms with Gasteiger partial charge >= 0.3 is 0 Å². The van der Waals surface area contributed by atoms with Crippen LogP contribution in [0.5, 0.6) is 0 Å². The van der Waals surface area contributed by atoms with Crippen molar-refractivity contribution in [2.24, 2.45) is 0 Å². The Balaban J connectivity index is 4.01. The third kappa shape index (κ3) is 4.98. The van der Waals surface area contributed by atoms with Crippen molar-refractivity contribution in [1.82, 2.24) is 0 Å². The van der Waals surface area contributed by atoms with Crippen LogP contribution in [0.1, 0.15) is 47.0 Å². The highest BCUT2D eigenvalue weighted by Crippen LogP contribution is 2.48. The van der Waals surface area contributed by atoms with E-state index in [1.54, 1.807) is 0 Å². The molecule has 0 aliphatic heterocycles. The van der Waals surface area contributed by atoms with Crippen LogP contribution < -0.4 is 0 Å². The van der Waals surface area contributed by atoms with Crippen molar-refractivity contribution in [3.63, 3.8) is 0 Å². The molecule has 2 heteroatoms. The molecule has 0 saturated carbocycles. The van der Waals surface area contributed by atoms with Gasteiger partial charge in [-0.1, -0.05) is 27.7 Å². The van der Waals surface area contributed by atoms with Gasteiger partial charge in [-0.3, -0.25) is 0 Å². The van der Waals surface area contributed by atoms with E-state index in [2.05, 4.69) is 27.7 Å². The normalized spacial score (nSPS) is 18.2. The van der Waals surface area contributed by atoms with Crippen LogP contribution in [-0.4, -0.2) is 29.2 Å². The second-order valence-electron chi connectivity index (χ2n) is 3.83. The molecule has 0 amide bonds. The van der Waals surface area contributed by atoms with E-state index in [-0.39, 0.29) is 7.92 Å². The molecular weight excluding hydrogens is 179 g/mol. The molecule has 0 fully saturated rings. The molecule has 0 bridgehead atoms. The highest BCUT2D eigenvalue weighted by molar-refractivity contribution is 7.59. The average molecular weight is 204 g/mol. The summed E-state index contributed by atoms with van der Waals surface area (Å²) in [7, 11) is 0.151. The average Bonchev–Trinajstić information content (AvgIpc) is 2.17. The van der Waals surface area contributed by atoms with E-state index >= 15 is 0 Å². The minimum absolute atomic E-state index is 0.151. The summed E-state index contributed by atoms with van der Waals surface area (Å²) >= 11 is 0. The van der Waals surface area contributed by atoms with Gasteiger partial charge in [-0.05, 0) is 36.7 Å². The van der Waals surface area contributed by atoms with Crippen LogP contribution in [0.3, 0.4) is 0 Å². The smallest absolute Gasteiger partial charge is 0.0434 e. The van der Waals surface area contributed by atoms with Crippen molar-refractivity contribution in [2.45, 2.75) is 58.3 Å². The maximum atomic E-state index is 8.83. The largest absolute Gasteiger partial charge is 0.396 e. The van der Waals surface area contributed by atoms with E-state index in [4.69, 9.17) is 5.11 Å². The number of rotatable bonds is 7. The minimum Gasteiger partial charge on any atom is -0.396 e. The first-order chi connectivity index (χ1) is 6.17. The summed E-state index contributed by atoms with van der Waals surface area (Å²) in [6, 6.07) is 0. The monoisotopic (exact) mass is 204 g/mol. The third-order valence-corrected chi connectivity index (χ3v) is 6.72. The summed E-state index contributed by atoms with van der Waals surface area (Å²) in [5, 5.41) is 8.83. The van der Waals surface area contributed by atoms with Gasteiger partial charge in [0.05, 0.1) is 0 Å². The van der Waals surface area contributed by atoms with Gasteiger partial charge in [-0.2, -0.15) is 0 Å². The molecule has 2 unspecified atom stereocenters. The summed E-state index contributed by atoms with van der Waals surface area (Å²) in [5.41, 5.74) is 1.74. The molecule has 1 N–H and O–H groups in total. The van der Waals surface area contributed by atoms with E-state index in [0.29, 0.717) is 6.61 Å². The van der Waals surface area contributed by atoms with Crippen LogP contribution in [-0.2, 0) is 0 Å². The summed E-state index contributed by atoms with van der Waals surface area (Å²) in [4.78, 5) is 0. The molecule has 0 spiro atoms. The van der Waals surface area contributed by atoms with Crippen LogP contribution in [0.25, 0.3) is 0 Å². The number of hydrogen-bond donors (Lipinski definition) is 1. The van der Waals surface area contributed by atoms with E-state index in [1.807, 2.05) is 0 Å². The van der Waals surface area contributed by atoms with Crippen molar-refractivity contribution in [3.8, 4) is 0 Å². The molecule has 0 saturated heterocycles. The highest BCUT2D eigenvalue weighted by atomic mass is 31.1. The Bertz CT molecular complexity index is 107. The zero-order valence-corrected chi connectivity index (χ0v) is 10.5. The molecule has 0 aromatic carbocycles. The molecule has 0 aromatic heterocycles. The molecule has 0 aliphatic carbocycles. The van der Waals surface area contributed by atoms with Gasteiger partial charge in [0.25, 0.3) is 0 Å². The first-order valence-corrected chi connectivity index (χ1v) is 7.20. The summed E-state index contributed by atoms with van der Waals surface area (Å²) < 4.78 is 0. The Labute approximate surface area is 84.7 Å². The fraction of sp³-hybridized carbons (Fsp3) is 1.00. The molecular formula is C11H25OP. The Morgan fingerprint density at radius 3 is 1.85 bits per heavy atom. The van der Waals surface area contributed by atoms with Crippen molar-refractivity contribution >= 4 is 7.92 Å². The van der Waals surface area contributed by atoms with Gasteiger partial charge in [0.15, 0.2) is 0 Å². The lowest BCUT2D eigenvalue weighted by Crippen LogP contribution is -2.11. The summed E-state index contributed by atoms with van der Waals surface area (Å²) in [6.45, 7) is 9.67. The molecule has 0 radical (unpaired) electrons. The quantitative estimate of drug-likeness (QED) is 0.630. The number of hydrogen-bond acceptors (Lipinski definition) is 1. The molecule has 0 rings (SSSR count). The molecule has 13 heavy (non-hydrogen) atoms. The van der Waals surface area contributed by atoms with E-state index in [9.17, 15) is 0 Å². The van der Waals surface area contributed by atoms with Crippen LogP contribution in [0.4, 0.5) is 0 Å². The molecule has 1 nitrogen and oxygen atoms in total. The molecule has 0 aliphatic rings. The molecule has 0 aromatic rings. The van der Waals surface area contributed by atoms with Crippen molar-refractivity contribution in [1.29, 1.82) is 0 Å². The lowest BCUT2D eigenvalue weighted by Gasteiger charge is -2.29. The highest BCUT2D eigenvalue weighted by Gasteiger charge is 2.19. The van der Waals surface area contributed by atoms with Gasteiger partial charge in [-0.25, -0.2) is 0 Å². The first kappa shape index (κ1) is 13.4. The molecule has 80 valence electrons. The minimum atomic E-state index is 0.151. The summed E-state index contributed by atoms with van der Waals surface area (Å²) in [5.74, 6) is 0. The third-order valence-electron chi connectivity index (χ3n) is 2.89. The number of aliphatic hydroxyl groups is 1. The fourth-order valence-electron chi connectivity index (χ4n) is 1.60. The lowest BCUT2D eigenvalue weighted by molar-refractivity contribution is 0.296. The van der Waals surface area contributed by atoms with Crippen LogP contribution in [0, 0.1) is 0 Å². The second kappa shape index (κ2) is 7.76. The second-order valence-corrected chi connectivity index (χ2v) is 7.07.